The third-order valence-corrected chi connectivity index (χ3v) is 7.15. The predicted molar refractivity (Wildman–Crippen MR) is 108 cm³/mol. The summed E-state index contributed by atoms with van der Waals surface area (Å²) in [4.78, 5) is 12.9. The van der Waals surface area contributed by atoms with Crippen LogP contribution in [0.5, 0.6) is 11.5 Å². The fourth-order valence-corrected chi connectivity index (χ4v) is 5.33. The predicted octanol–water partition coefficient (Wildman–Crippen LogP) is 4.06. The van der Waals surface area contributed by atoms with E-state index in [0.717, 1.165) is 12.8 Å². The van der Waals surface area contributed by atoms with Gasteiger partial charge in [0.15, 0.2) is 21.3 Å². The molecule has 2 aromatic carbocycles. The molecule has 1 aliphatic carbocycles. The van der Waals surface area contributed by atoms with Gasteiger partial charge in [-0.3, -0.25) is 4.79 Å². The maximum Gasteiger partial charge on any atom is 0.255 e. The van der Waals surface area contributed by atoms with Crippen LogP contribution in [-0.2, 0) is 9.84 Å². The van der Waals surface area contributed by atoms with Gasteiger partial charge >= 0.3 is 0 Å². The molecular formula is C21H25NO5S. The van der Waals surface area contributed by atoms with E-state index in [1.165, 1.54) is 13.2 Å². The second-order valence-corrected chi connectivity index (χ2v) is 8.96. The van der Waals surface area contributed by atoms with Gasteiger partial charge in [-0.25, -0.2) is 8.42 Å². The summed E-state index contributed by atoms with van der Waals surface area (Å²) in [7, 11) is -1.86. The van der Waals surface area contributed by atoms with E-state index < -0.39 is 9.84 Å². The van der Waals surface area contributed by atoms with Crippen molar-refractivity contribution in [3.05, 3.63) is 48.0 Å². The zero-order valence-electron chi connectivity index (χ0n) is 16.1. The Morgan fingerprint density at radius 2 is 1.86 bits per heavy atom. The van der Waals surface area contributed by atoms with E-state index >= 15 is 0 Å². The lowest BCUT2D eigenvalue weighted by Crippen LogP contribution is -2.18. The molecule has 150 valence electrons. The van der Waals surface area contributed by atoms with Gasteiger partial charge in [0.1, 0.15) is 0 Å². The minimum Gasteiger partial charge on any atom is -0.493 e. The second kappa shape index (κ2) is 8.65. The Balaban J connectivity index is 1.79. The molecule has 7 heteroatoms. The van der Waals surface area contributed by atoms with Crippen LogP contribution in [0.1, 0.15) is 43.0 Å². The fourth-order valence-electron chi connectivity index (χ4n) is 3.43. The van der Waals surface area contributed by atoms with Gasteiger partial charge in [0.05, 0.1) is 23.9 Å². The number of carbonyl (C=O) groups excluding carboxylic acids is 1. The van der Waals surface area contributed by atoms with Gasteiger partial charge in [-0.1, -0.05) is 18.9 Å². The zero-order valence-corrected chi connectivity index (χ0v) is 16.9. The van der Waals surface area contributed by atoms with Crippen LogP contribution in [0.15, 0.2) is 47.4 Å². The fraction of sp³-hybridized carbons (Fsp3) is 0.381. The summed E-state index contributed by atoms with van der Waals surface area (Å²) in [6.07, 6.45) is 3.29. The number of hydrogen-bond acceptors (Lipinski definition) is 5. The molecule has 0 unspecified atom stereocenters. The summed E-state index contributed by atoms with van der Waals surface area (Å²) in [5.41, 5.74) is 0.835. The Bertz CT molecular complexity index is 949. The van der Waals surface area contributed by atoms with Crippen LogP contribution in [0, 0.1) is 0 Å². The molecule has 1 N–H and O–H groups in total. The summed E-state index contributed by atoms with van der Waals surface area (Å²) in [5.74, 6) is 0.676. The molecular weight excluding hydrogens is 378 g/mol. The third kappa shape index (κ3) is 4.30. The van der Waals surface area contributed by atoms with E-state index in [1.54, 1.807) is 36.4 Å². The number of rotatable bonds is 7. The number of anilines is 1. The molecule has 1 aliphatic rings. The first-order valence-corrected chi connectivity index (χ1v) is 11.0. The number of hydrogen-bond donors (Lipinski definition) is 1. The molecule has 0 radical (unpaired) electrons. The lowest BCUT2D eigenvalue weighted by atomic mass is 10.2. The Morgan fingerprint density at radius 1 is 1.11 bits per heavy atom. The zero-order chi connectivity index (χ0) is 20.1. The maximum absolute atomic E-state index is 12.8. The molecule has 0 saturated heterocycles. The van der Waals surface area contributed by atoms with Crippen LogP contribution >= 0.6 is 0 Å². The first-order chi connectivity index (χ1) is 13.5. The largest absolute Gasteiger partial charge is 0.493 e. The third-order valence-electron chi connectivity index (χ3n) is 4.89. The molecule has 3 rings (SSSR count). The second-order valence-electron chi connectivity index (χ2n) is 6.73. The van der Waals surface area contributed by atoms with Gasteiger partial charge in [-0.2, -0.15) is 0 Å². The number of amides is 1. The van der Waals surface area contributed by atoms with Crippen LogP contribution in [0.2, 0.25) is 0 Å². The van der Waals surface area contributed by atoms with Gasteiger partial charge in [-0.05, 0) is 56.2 Å². The molecule has 6 nitrogen and oxygen atoms in total. The van der Waals surface area contributed by atoms with E-state index in [1.807, 2.05) is 6.92 Å². The van der Waals surface area contributed by atoms with Crippen LogP contribution in [0.25, 0.3) is 0 Å². The van der Waals surface area contributed by atoms with Crippen LogP contribution in [0.3, 0.4) is 0 Å². The number of nitrogens with one attached hydrogen (secondary N) is 1. The standard InChI is InChI=1S/C21H25NO5S/c1-3-27-19-12-11-15(13-20(19)26-2)21(23)22-16-7-6-10-18(14-16)28(24,25)17-8-4-5-9-17/h6-7,10-14,17H,3-5,8-9H2,1-2H3,(H,22,23). The van der Waals surface area contributed by atoms with Crippen LogP contribution < -0.4 is 14.8 Å². The highest BCUT2D eigenvalue weighted by atomic mass is 32.2. The summed E-state index contributed by atoms with van der Waals surface area (Å²) in [5, 5.41) is 2.44. The van der Waals surface area contributed by atoms with Crippen molar-refractivity contribution < 1.29 is 22.7 Å². The van der Waals surface area contributed by atoms with Gasteiger partial charge in [0.25, 0.3) is 5.91 Å². The monoisotopic (exact) mass is 403 g/mol. The van der Waals surface area contributed by atoms with Crippen molar-refractivity contribution in [3.63, 3.8) is 0 Å². The van der Waals surface area contributed by atoms with E-state index in [0.29, 0.717) is 42.2 Å². The SMILES string of the molecule is CCOc1ccc(C(=O)Nc2cccc(S(=O)(=O)C3CCCC3)c2)cc1OC. The molecule has 0 atom stereocenters. The first-order valence-electron chi connectivity index (χ1n) is 9.42. The van der Waals surface area contributed by atoms with Gasteiger partial charge in [0, 0.05) is 11.3 Å². The summed E-state index contributed by atoms with van der Waals surface area (Å²) < 4.78 is 36.3. The smallest absolute Gasteiger partial charge is 0.255 e. The number of sulfone groups is 1. The highest BCUT2D eigenvalue weighted by Gasteiger charge is 2.30. The van der Waals surface area contributed by atoms with Crippen LogP contribution in [-0.4, -0.2) is 33.3 Å². The van der Waals surface area contributed by atoms with Gasteiger partial charge in [0.2, 0.25) is 0 Å². The lowest BCUT2D eigenvalue weighted by Gasteiger charge is -2.13. The quantitative estimate of drug-likeness (QED) is 0.754. The molecule has 1 saturated carbocycles. The van der Waals surface area contributed by atoms with E-state index in [2.05, 4.69) is 5.32 Å². The van der Waals surface area contributed by atoms with Crippen molar-refractivity contribution in [2.75, 3.05) is 19.0 Å². The van der Waals surface area contributed by atoms with E-state index in [-0.39, 0.29) is 16.1 Å². The molecule has 0 bridgehead atoms. The topological polar surface area (TPSA) is 81.7 Å². The van der Waals surface area contributed by atoms with E-state index in [9.17, 15) is 13.2 Å². The average Bonchev–Trinajstić information content (AvgIpc) is 3.24. The van der Waals surface area contributed by atoms with Crippen molar-refractivity contribution in [3.8, 4) is 11.5 Å². The number of ether oxygens (including phenoxy) is 2. The summed E-state index contributed by atoms with van der Waals surface area (Å²) in [6, 6.07) is 11.4. The lowest BCUT2D eigenvalue weighted by molar-refractivity contribution is 0.102. The number of methoxy groups -OCH3 is 1. The Labute approximate surface area is 165 Å². The van der Waals surface area contributed by atoms with Crippen molar-refractivity contribution >= 4 is 21.4 Å². The van der Waals surface area contributed by atoms with Crippen LogP contribution in [0.4, 0.5) is 5.69 Å². The Hall–Kier alpha value is -2.54. The minimum atomic E-state index is -3.37. The summed E-state index contributed by atoms with van der Waals surface area (Å²) >= 11 is 0. The highest BCUT2D eigenvalue weighted by Crippen LogP contribution is 2.31. The molecule has 0 aromatic heterocycles. The Kier molecular flexibility index (Phi) is 6.24. The van der Waals surface area contributed by atoms with Crippen molar-refractivity contribution in [2.24, 2.45) is 0 Å². The highest BCUT2D eigenvalue weighted by molar-refractivity contribution is 7.92. The molecule has 2 aromatic rings. The average molecular weight is 404 g/mol. The minimum absolute atomic E-state index is 0.251. The molecule has 28 heavy (non-hydrogen) atoms. The van der Waals surface area contributed by atoms with Gasteiger partial charge < -0.3 is 14.8 Å². The van der Waals surface area contributed by atoms with Crippen molar-refractivity contribution in [1.82, 2.24) is 0 Å². The number of benzene rings is 2. The Morgan fingerprint density at radius 3 is 2.54 bits per heavy atom. The van der Waals surface area contributed by atoms with Crippen molar-refractivity contribution in [1.29, 1.82) is 0 Å². The van der Waals surface area contributed by atoms with E-state index in [4.69, 9.17) is 9.47 Å². The molecule has 0 spiro atoms. The molecule has 1 fully saturated rings. The first kappa shape index (κ1) is 20.2. The van der Waals surface area contributed by atoms with Gasteiger partial charge in [-0.15, -0.1) is 0 Å². The molecule has 1 amide bonds. The normalized spacial score (nSPS) is 14.6. The molecule has 0 heterocycles. The summed E-state index contributed by atoms with van der Waals surface area (Å²) in [6.45, 7) is 2.36. The number of carbonyl (C=O) groups is 1. The maximum atomic E-state index is 12.8. The molecule has 0 aliphatic heterocycles. The van der Waals surface area contributed by atoms with Crippen molar-refractivity contribution in [2.45, 2.75) is 42.8 Å².